The van der Waals surface area contributed by atoms with Crippen molar-refractivity contribution in [3.63, 3.8) is 0 Å². The minimum atomic E-state index is -4.55. The molecule has 25 heavy (non-hydrogen) atoms. The maximum absolute atomic E-state index is 12.8. The first-order valence-electron chi connectivity index (χ1n) is 7.35. The second-order valence-electron chi connectivity index (χ2n) is 5.40. The number of aromatic nitrogens is 2. The average molecular weight is 368 g/mol. The van der Waals surface area contributed by atoms with E-state index in [0.29, 0.717) is 5.56 Å². The van der Waals surface area contributed by atoms with Crippen LogP contribution in [0.3, 0.4) is 0 Å². The van der Waals surface area contributed by atoms with Gasteiger partial charge in [0.2, 0.25) is 11.7 Å². The zero-order valence-corrected chi connectivity index (χ0v) is 13.5. The first-order chi connectivity index (χ1) is 11.9. The molecule has 0 aliphatic carbocycles. The molecule has 0 spiro atoms. The van der Waals surface area contributed by atoms with Gasteiger partial charge in [-0.05, 0) is 23.3 Å². The van der Waals surface area contributed by atoms with Gasteiger partial charge in [-0.15, -0.1) is 11.6 Å². The Morgan fingerprint density at radius 2 is 1.88 bits per heavy atom. The molecular weight excluding hydrogens is 355 g/mol. The van der Waals surface area contributed by atoms with Crippen molar-refractivity contribution in [3.05, 3.63) is 65.5 Å². The van der Waals surface area contributed by atoms with Gasteiger partial charge in [0.15, 0.2) is 0 Å². The minimum absolute atomic E-state index is 0.201. The minimum Gasteiger partial charge on any atom is -0.344 e. The highest BCUT2D eigenvalue weighted by Crippen LogP contribution is 2.30. The summed E-state index contributed by atoms with van der Waals surface area (Å²) >= 11 is 5.57. The highest BCUT2D eigenvalue weighted by Gasteiger charge is 2.34. The first kappa shape index (κ1) is 17.3. The molecule has 0 fully saturated rings. The molecule has 0 aliphatic rings. The summed E-state index contributed by atoms with van der Waals surface area (Å²) in [6.45, 7) is 0. The van der Waals surface area contributed by atoms with Crippen molar-refractivity contribution in [1.29, 1.82) is 0 Å². The van der Waals surface area contributed by atoms with Crippen LogP contribution in [0, 0.1) is 0 Å². The SMILES string of the molecule is O=C(CCl)NC(c1ccccc1)c1ccc2nc(C(F)(F)F)[nH]c2c1. The molecule has 0 saturated carbocycles. The molecule has 3 rings (SSSR count). The summed E-state index contributed by atoms with van der Waals surface area (Å²) in [5.74, 6) is -1.65. The Morgan fingerprint density at radius 3 is 2.52 bits per heavy atom. The van der Waals surface area contributed by atoms with Crippen LogP contribution in [0.25, 0.3) is 11.0 Å². The normalized spacial score (nSPS) is 13.0. The molecule has 0 radical (unpaired) electrons. The van der Waals surface area contributed by atoms with Gasteiger partial charge in [0.1, 0.15) is 5.88 Å². The van der Waals surface area contributed by atoms with Crippen LogP contribution in [0.4, 0.5) is 13.2 Å². The molecule has 2 N–H and O–H groups in total. The van der Waals surface area contributed by atoms with E-state index in [1.807, 2.05) is 30.3 Å². The lowest BCUT2D eigenvalue weighted by Crippen LogP contribution is -2.30. The smallest absolute Gasteiger partial charge is 0.344 e. The summed E-state index contributed by atoms with van der Waals surface area (Å²) < 4.78 is 38.4. The third-order valence-corrected chi connectivity index (χ3v) is 3.91. The molecule has 8 heteroatoms. The van der Waals surface area contributed by atoms with E-state index in [-0.39, 0.29) is 22.8 Å². The zero-order chi connectivity index (χ0) is 18.0. The Morgan fingerprint density at radius 1 is 1.16 bits per heavy atom. The fourth-order valence-corrected chi connectivity index (χ4v) is 2.62. The Labute approximate surface area is 146 Å². The molecule has 1 unspecified atom stereocenters. The largest absolute Gasteiger partial charge is 0.449 e. The van der Waals surface area contributed by atoms with Gasteiger partial charge in [-0.3, -0.25) is 4.79 Å². The van der Waals surface area contributed by atoms with Gasteiger partial charge < -0.3 is 10.3 Å². The lowest BCUT2D eigenvalue weighted by molar-refractivity contribution is -0.144. The van der Waals surface area contributed by atoms with Crippen LogP contribution < -0.4 is 5.32 Å². The van der Waals surface area contributed by atoms with Crippen LogP contribution in [0.5, 0.6) is 0 Å². The Bertz CT molecular complexity index is 893. The number of H-pyrrole nitrogens is 1. The molecule has 1 atom stereocenters. The Balaban J connectivity index is 2.04. The number of imidazole rings is 1. The van der Waals surface area contributed by atoms with Gasteiger partial charge >= 0.3 is 6.18 Å². The fraction of sp³-hybridized carbons (Fsp3) is 0.176. The van der Waals surface area contributed by atoms with Crippen LogP contribution in [0.1, 0.15) is 23.0 Å². The summed E-state index contributed by atoms with van der Waals surface area (Å²) in [5, 5.41) is 2.77. The molecule has 3 aromatic rings. The van der Waals surface area contributed by atoms with E-state index in [2.05, 4.69) is 15.3 Å². The summed E-state index contributed by atoms with van der Waals surface area (Å²) in [5.41, 5.74) is 1.85. The van der Waals surface area contributed by atoms with Gasteiger partial charge in [0, 0.05) is 0 Å². The lowest BCUT2D eigenvalue weighted by Gasteiger charge is -2.19. The molecule has 0 aliphatic heterocycles. The highest BCUT2D eigenvalue weighted by molar-refractivity contribution is 6.27. The van der Waals surface area contributed by atoms with Gasteiger partial charge in [-0.1, -0.05) is 36.4 Å². The van der Waals surface area contributed by atoms with Crippen LogP contribution in [-0.4, -0.2) is 21.8 Å². The number of nitrogens with one attached hydrogen (secondary N) is 2. The monoisotopic (exact) mass is 367 g/mol. The van der Waals surface area contributed by atoms with E-state index in [1.54, 1.807) is 12.1 Å². The van der Waals surface area contributed by atoms with E-state index >= 15 is 0 Å². The van der Waals surface area contributed by atoms with Crippen molar-refractivity contribution in [2.45, 2.75) is 12.2 Å². The van der Waals surface area contributed by atoms with Crippen molar-refractivity contribution in [2.75, 3.05) is 5.88 Å². The predicted molar refractivity (Wildman–Crippen MR) is 88.2 cm³/mol. The summed E-state index contributed by atoms with van der Waals surface area (Å²) in [6, 6.07) is 13.2. The summed E-state index contributed by atoms with van der Waals surface area (Å²) in [7, 11) is 0. The molecule has 2 aromatic carbocycles. The number of amides is 1. The van der Waals surface area contributed by atoms with Crippen molar-refractivity contribution < 1.29 is 18.0 Å². The Kier molecular flexibility index (Phi) is 4.67. The van der Waals surface area contributed by atoms with Gasteiger partial charge in [-0.25, -0.2) is 4.98 Å². The molecule has 0 bridgehead atoms. The van der Waals surface area contributed by atoms with Crippen LogP contribution in [0.15, 0.2) is 48.5 Å². The number of carbonyl (C=O) groups excluding carboxylic acids is 1. The highest BCUT2D eigenvalue weighted by atomic mass is 35.5. The van der Waals surface area contributed by atoms with E-state index in [9.17, 15) is 18.0 Å². The second kappa shape index (κ2) is 6.76. The van der Waals surface area contributed by atoms with E-state index in [1.165, 1.54) is 6.07 Å². The third-order valence-electron chi connectivity index (χ3n) is 3.67. The number of rotatable bonds is 4. The van der Waals surface area contributed by atoms with Gasteiger partial charge in [0.05, 0.1) is 17.1 Å². The summed E-state index contributed by atoms with van der Waals surface area (Å²) in [4.78, 5) is 17.6. The van der Waals surface area contributed by atoms with E-state index < -0.39 is 18.0 Å². The molecule has 130 valence electrons. The molecule has 4 nitrogen and oxygen atoms in total. The van der Waals surface area contributed by atoms with Gasteiger partial charge in [0.25, 0.3) is 0 Å². The van der Waals surface area contributed by atoms with Gasteiger partial charge in [-0.2, -0.15) is 13.2 Å². The maximum Gasteiger partial charge on any atom is 0.449 e. The number of benzene rings is 2. The standard InChI is InChI=1S/C17H13ClF3N3O/c18-9-14(25)24-15(10-4-2-1-3-5-10)11-6-7-12-13(8-11)23-16(22-12)17(19,20)21/h1-8,15H,9H2,(H,22,23)(H,24,25). The van der Waals surface area contributed by atoms with E-state index in [4.69, 9.17) is 11.6 Å². The number of carbonyl (C=O) groups is 1. The Hall–Kier alpha value is -2.54. The maximum atomic E-state index is 12.8. The molecule has 1 amide bonds. The number of halogens is 4. The molecule has 1 heterocycles. The van der Waals surface area contributed by atoms with Crippen LogP contribution >= 0.6 is 11.6 Å². The number of hydrogen-bond acceptors (Lipinski definition) is 2. The quantitative estimate of drug-likeness (QED) is 0.684. The van der Waals surface area contributed by atoms with Crippen LogP contribution in [0.2, 0.25) is 0 Å². The number of aromatic amines is 1. The number of fused-ring (bicyclic) bond motifs is 1. The molecule has 1 aromatic heterocycles. The summed E-state index contributed by atoms with van der Waals surface area (Å²) in [6.07, 6.45) is -4.55. The number of hydrogen-bond donors (Lipinski definition) is 2. The topological polar surface area (TPSA) is 57.8 Å². The average Bonchev–Trinajstić information content (AvgIpc) is 3.03. The second-order valence-corrected chi connectivity index (χ2v) is 5.67. The fourth-order valence-electron chi connectivity index (χ4n) is 2.55. The lowest BCUT2D eigenvalue weighted by atomic mass is 9.98. The van der Waals surface area contributed by atoms with E-state index in [0.717, 1.165) is 5.56 Å². The predicted octanol–water partition coefficient (Wildman–Crippen LogP) is 4.03. The first-order valence-corrected chi connectivity index (χ1v) is 7.89. The number of alkyl halides is 4. The van der Waals surface area contributed by atoms with Crippen molar-refractivity contribution in [1.82, 2.24) is 15.3 Å². The van der Waals surface area contributed by atoms with Crippen molar-refractivity contribution in [3.8, 4) is 0 Å². The van der Waals surface area contributed by atoms with Crippen LogP contribution in [-0.2, 0) is 11.0 Å². The molecule has 0 saturated heterocycles. The number of nitrogens with zero attached hydrogens (tertiary/aromatic N) is 1. The van der Waals surface area contributed by atoms with Crippen molar-refractivity contribution >= 4 is 28.5 Å². The van der Waals surface area contributed by atoms with Crippen molar-refractivity contribution in [2.24, 2.45) is 0 Å². The third kappa shape index (κ3) is 3.76. The molecular formula is C17H13ClF3N3O. The zero-order valence-electron chi connectivity index (χ0n) is 12.8.